The minimum atomic E-state index is -0.639. The number of nitrogens with zero attached hydrogens (tertiary/aromatic N) is 1. The van der Waals surface area contributed by atoms with Crippen molar-refractivity contribution in [2.24, 2.45) is 11.7 Å². The first-order chi connectivity index (χ1) is 9.29. The summed E-state index contributed by atoms with van der Waals surface area (Å²) in [5.41, 5.74) is 11.5. The lowest BCUT2D eigenvalue weighted by Gasteiger charge is -2.19. The molecule has 0 aliphatic heterocycles. The van der Waals surface area contributed by atoms with Crippen LogP contribution in [0.1, 0.15) is 40.3 Å². The second-order valence-electron chi connectivity index (χ2n) is 4.98. The Bertz CT molecular complexity index is 511. The molecule has 0 aliphatic rings. The fourth-order valence-electron chi connectivity index (χ4n) is 1.74. The molecule has 0 atom stereocenters. The molecule has 0 saturated carbocycles. The summed E-state index contributed by atoms with van der Waals surface area (Å²) in [6, 6.07) is 0. The average molecular weight is 299 g/mol. The van der Waals surface area contributed by atoms with Gasteiger partial charge in [-0.15, -0.1) is 11.3 Å². The summed E-state index contributed by atoms with van der Waals surface area (Å²) in [7, 11) is 3.12. The third-order valence-electron chi connectivity index (χ3n) is 2.93. The Morgan fingerprint density at radius 3 is 2.45 bits per heavy atom. The summed E-state index contributed by atoms with van der Waals surface area (Å²) in [5, 5.41) is 0.607. The number of primary amides is 1. The number of amides is 1. The van der Waals surface area contributed by atoms with Crippen LogP contribution in [0.5, 0.6) is 0 Å². The molecule has 1 heterocycles. The van der Waals surface area contributed by atoms with Crippen LogP contribution in [-0.2, 0) is 4.74 Å². The minimum Gasteiger partial charge on any atom is -0.465 e. The second kappa shape index (κ2) is 6.60. The summed E-state index contributed by atoms with van der Waals surface area (Å²) in [5.74, 6) is -0.661. The van der Waals surface area contributed by atoms with Crippen molar-refractivity contribution in [3.63, 3.8) is 0 Å². The molecule has 6 nitrogen and oxygen atoms in total. The third kappa shape index (κ3) is 3.41. The summed E-state index contributed by atoms with van der Waals surface area (Å²) < 4.78 is 4.66. The van der Waals surface area contributed by atoms with Crippen molar-refractivity contribution in [3.05, 3.63) is 10.4 Å². The molecule has 0 aliphatic carbocycles. The molecule has 0 saturated heterocycles. The molecule has 0 aromatic carbocycles. The number of esters is 1. The number of rotatable bonds is 6. The van der Waals surface area contributed by atoms with Crippen LogP contribution in [0.15, 0.2) is 0 Å². The summed E-state index contributed by atoms with van der Waals surface area (Å²) in [6.07, 6.45) is 0.958. The van der Waals surface area contributed by atoms with Crippen molar-refractivity contribution in [1.29, 1.82) is 0 Å². The van der Waals surface area contributed by atoms with Crippen molar-refractivity contribution in [2.45, 2.75) is 20.3 Å². The fourth-order valence-corrected chi connectivity index (χ4v) is 2.87. The van der Waals surface area contributed by atoms with Crippen LogP contribution >= 0.6 is 11.3 Å². The van der Waals surface area contributed by atoms with Crippen molar-refractivity contribution in [2.75, 3.05) is 31.3 Å². The molecule has 1 aromatic heterocycles. The molecule has 0 bridgehead atoms. The van der Waals surface area contributed by atoms with E-state index in [1.54, 1.807) is 0 Å². The SMILES string of the molecule is COC(=O)c1sc(N(C)CCC(C)C)c(C(N)=O)c1N. The van der Waals surface area contributed by atoms with E-state index < -0.39 is 11.9 Å². The van der Waals surface area contributed by atoms with Gasteiger partial charge in [0, 0.05) is 13.6 Å². The number of nitrogen functional groups attached to an aromatic ring is 1. The molecular formula is C13H21N3O3S. The molecule has 0 fully saturated rings. The molecule has 1 rings (SSSR count). The Labute approximate surface area is 122 Å². The van der Waals surface area contributed by atoms with E-state index in [0.29, 0.717) is 10.9 Å². The van der Waals surface area contributed by atoms with Crippen LogP contribution in [0.25, 0.3) is 0 Å². The van der Waals surface area contributed by atoms with Gasteiger partial charge < -0.3 is 21.1 Å². The van der Waals surface area contributed by atoms with E-state index >= 15 is 0 Å². The van der Waals surface area contributed by atoms with E-state index in [2.05, 4.69) is 18.6 Å². The van der Waals surface area contributed by atoms with Gasteiger partial charge in [0.05, 0.1) is 18.4 Å². The number of hydrogen-bond acceptors (Lipinski definition) is 6. The predicted molar refractivity (Wildman–Crippen MR) is 81.3 cm³/mol. The lowest BCUT2D eigenvalue weighted by atomic mass is 10.1. The lowest BCUT2D eigenvalue weighted by molar-refractivity contribution is 0.0607. The molecule has 0 unspecified atom stereocenters. The number of anilines is 2. The Hall–Kier alpha value is -1.76. The molecule has 20 heavy (non-hydrogen) atoms. The quantitative estimate of drug-likeness (QED) is 0.779. The van der Waals surface area contributed by atoms with Gasteiger partial charge in [-0.3, -0.25) is 4.79 Å². The Kier molecular flexibility index (Phi) is 5.38. The third-order valence-corrected chi connectivity index (χ3v) is 4.23. The molecule has 7 heteroatoms. The monoisotopic (exact) mass is 299 g/mol. The predicted octanol–water partition coefficient (Wildman–Crippen LogP) is 1.70. The normalized spacial score (nSPS) is 10.7. The molecule has 1 aromatic rings. The first-order valence-electron chi connectivity index (χ1n) is 6.31. The molecule has 0 radical (unpaired) electrons. The van der Waals surface area contributed by atoms with Crippen LogP contribution < -0.4 is 16.4 Å². The highest BCUT2D eigenvalue weighted by Gasteiger charge is 2.26. The molecule has 4 N–H and O–H groups in total. The van der Waals surface area contributed by atoms with E-state index in [9.17, 15) is 9.59 Å². The fraction of sp³-hybridized carbons (Fsp3) is 0.538. The highest BCUT2D eigenvalue weighted by molar-refractivity contribution is 7.19. The Balaban J connectivity index is 3.17. The van der Waals surface area contributed by atoms with Crippen molar-refractivity contribution in [1.82, 2.24) is 0 Å². The second-order valence-corrected chi connectivity index (χ2v) is 5.98. The van der Waals surface area contributed by atoms with Gasteiger partial charge >= 0.3 is 5.97 Å². The zero-order valence-electron chi connectivity index (χ0n) is 12.2. The van der Waals surface area contributed by atoms with Crippen LogP contribution in [0.3, 0.4) is 0 Å². The molecular weight excluding hydrogens is 278 g/mol. The standard InChI is InChI=1S/C13H21N3O3S/c1-7(2)5-6-16(3)12-8(11(15)17)9(14)10(20-12)13(18)19-4/h7H,5-6,14H2,1-4H3,(H2,15,17). The summed E-state index contributed by atoms with van der Waals surface area (Å²) in [4.78, 5) is 25.3. The van der Waals surface area contributed by atoms with Crippen LogP contribution in [0.4, 0.5) is 10.7 Å². The van der Waals surface area contributed by atoms with Crippen LogP contribution in [0.2, 0.25) is 0 Å². The lowest BCUT2D eigenvalue weighted by Crippen LogP contribution is -2.23. The first-order valence-corrected chi connectivity index (χ1v) is 7.12. The Morgan fingerprint density at radius 2 is 2.00 bits per heavy atom. The summed E-state index contributed by atoms with van der Waals surface area (Å²) >= 11 is 1.13. The van der Waals surface area contributed by atoms with E-state index in [-0.39, 0.29) is 16.1 Å². The highest BCUT2D eigenvalue weighted by Crippen LogP contribution is 2.38. The smallest absolute Gasteiger partial charge is 0.350 e. The maximum Gasteiger partial charge on any atom is 0.350 e. The van der Waals surface area contributed by atoms with Gasteiger partial charge in [0.1, 0.15) is 9.88 Å². The number of hydrogen-bond donors (Lipinski definition) is 2. The summed E-state index contributed by atoms with van der Waals surface area (Å²) in [6.45, 7) is 4.98. The highest BCUT2D eigenvalue weighted by atomic mass is 32.1. The Morgan fingerprint density at radius 1 is 1.40 bits per heavy atom. The number of nitrogens with two attached hydrogens (primary N) is 2. The molecule has 112 valence electrons. The van der Waals surface area contributed by atoms with Crippen molar-refractivity contribution >= 4 is 33.9 Å². The number of carbonyl (C=O) groups is 2. The number of thiophene rings is 1. The maximum absolute atomic E-state index is 11.6. The number of carbonyl (C=O) groups excluding carboxylic acids is 2. The van der Waals surface area contributed by atoms with E-state index in [4.69, 9.17) is 11.5 Å². The van der Waals surface area contributed by atoms with Crippen LogP contribution in [0, 0.1) is 5.92 Å². The molecule has 1 amide bonds. The van der Waals surface area contributed by atoms with Gasteiger partial charge in [-0.2, -0.15) is 0 Å². The van der Waals surface area contributed by atoms with E-state index in [0.717, 1.165) is 24.3 Å². The van der Waals surface area contributed by atoms with Gasteiger partial charge in [-0.05, 0) is 12.3 Å². The number of ether oxygens (including phenoxy) is 1. The van der Waals surface area contributed by atoms with Gasteiger partial charge in [0.15, 0.2) is 0 Å². The van der Waals surface area contributed by atoms with Gasteiger partial charge in [0.25, 0.3) is 5.91 Å². The largest absolute Gasteiger partial charge is 0.465 e. The van der Waals surface area contributed by atoms with Gasteiger partial charge in [0.2, 0.25) is 0 Å². The van der Waals surface area contributed by atoms with Gasteiger partial charge in [-0.25, -0.2) is 4.79 Å². The number of methoxy groups -OCH3 is 1. The van der Waals surface area contributed by atoms with Crippen LogP contribution in [-0.4, -0.2) is 32.6 Å². The van der Waals surface area contributed by atoms with Crippen molar-refractivity contribution in [3.8, 4) is 0 Å². The van der Waals surface area contributed by atoms with Gasteiger partial charge in [-0.1, -0.05) is 13.8 Å². The average Bonchev–Trinajstić information content (AvgIpc) is 2.72. The van der Waals surface area contributed by atoms with E-state index in [1.807, 2.05) is 11.9 Å². The zero-order chi connectivity index (χ0) is 15.4. The van der Waals surface area contributed by atoms with Crippen molar-refractivity contribution < 1.29 is 14.3 Å². The minimum absolute atomic E-state index is 0.0979. The topological polar surface area (TPSA) is 98.6 Å². The van der Waals surface area contributed by atoms with E-state index in [1.165, 1.54) is 7.11 Å². The first kappa shape index (κ1) is 16.3. The molecule has 0 spiro atoms. The maximum atomic E-state index is 11.6. The zero-order valence-corrected chi connectivity index (χ0v) is 13.0.